The van der Waals surface area contributed by atoms with Crippen molar-refractivity contribution in [2.45, 2.75) is 31.4 Å². The van der Waals surface area contributed by atoms with Crippen molar-refractivity contribution in [3.8, 4) is 11.5 Å². The molecule has 0 aromatic heterocycles. The van der Waals surface area contributed by atoms with Gasteiger partial charge in [0.25, 0.3) is 0 Å². The fourth-order valence-corrected chi connectivity index (χ4v) is 3.01. The number of rotatable bonds is 6. The van der Waals surface area contributed by atoms with Crippen molar-refractivity contribution < 1.29 is 9.47 Å². The van der Waals surface area contributed by atoms with Crippen LogP contribution in [0, 0.1) is 0 Å². The summed E-state index contributed by atoms with van der Waals surface area (Å²) in [6.45, 7) is 0. The topological polar surface area (TPSA) is 30.5 Å². The minimum Gasteiger partial charge on any atom is -0.497 e. The maximum atomic E-state index is 6.11. The van der Waals surface area contributed by atoms with E-state index in [9.17, 15) is 0 Å². The van der Waals surface area contributed by atoms with Gasteiger partial charge in [-0.1, -0.05) is 0 Å². The van der Waals surface area contributed by atoms with Crippen LogP contribution in [0.4, 0.5) is 0 Å². The molecule has 0 spiro atoms. The zero-order valence-electron chi connectivity index (χ0n) is 11.9. The first-order valence-corrected chi connectivity index (χ1v) is 8.18. The van der Waals surface area contributed by atoms with Crippen LogP contribution in [0.5, 0.6) is 11.5 Å². The molecule has 2 rings (SSSR count). The molecule has 4 heteroatoms. The van der Waals surface area contributed by atoms with Gasteiger partial charge in [0.15, 0.2) is 0 Å². The summed E-state index contributed by atoms with van der Waals surface area (Å²) in [5, 5.41) is 3.39. The molecule has 1 aliphatic rings. The molecule has 106 valence electrons. The van der Waals surface area contributed by atoms with Crippen LogP contribution in [0.3, 0.4) is 0 Å². The molecule has 0 bridgehead atoms. The Morgan fingerprint density at radius 3 is 3.00 bits per heavy atom. The average Bonchev–Trinajstić information content (AvgIpc) is 2.46. The quantitative estimate of drug-likeness (QED) is 0.811. The summed E-state index contributed by atoms with van der Waals surface area (Å²) >= 11 is 1.90. The number of benzene rings is 1. The summed E-state index contributed by atoms with van der Waals surface area (Å²) in [4.78, 5) is 0. The Kier molecular flexibility index (Phi) is 5.40. The van der Waals surface area contributed by atoms with Gasteiger partial charge in [-0.2, -0.15) is 11.8 Å². The first-order valence-electron chi connectivity index (χ1n) is 6.79. The molecule has 19 heavy (non-hydrogen) atoms. The summed E-state index contributed by atoms with van der Waals surface area (Å²) in [5.41, 5.74) is 1.21. The highest BCUT2D eigenvalue weighted by molar-refractivity contribution is 7.98. The van der Waals surface area contributed by atoms with Gasteiger partial charge >= 0.3 is 0 Å². The normalized spacial score (nSPS) is 21.6. The van der Waals surface area contributed by atoms with E-state index in [1.54, 1.807) is 7.11 Å². The van der Waals surface area contributed by atoms with Gasteiger partial charge in [0.1, 0.15) is 17.6 Å². The van der Waals surface area contributed by atoms with E-state index >= 15 is 0 Å². The highest BCUT2D eigenvalue weighted by Crippen LogP contribution is 2.38. The third-order valence-electron chi connectivity index (χ3n) is 3.61. The van der Waals surface area contributed by atoms with Crippen molar-refractivity contribution in [1.29, 1.82) is 0 Å². The van der Waals surface area contributed by atoms with E-state index in [4.69, 9.17) is 9.47 Å². The Morgan fingerprint density at radius 1 is 1.47 bits per heavy atom. The Balaban J connectivity index is 2.10. The van der Waals surface area contributed by atoms with Crippen molar-refractivity contribution in [2.75, 3.05) is 26.2 Å². The molecule has 0 saturated heterocycles. The molecule has 2 atom stereocenters. The van der Waals surface area contributed by atoms with Gasteiger partial charge in [-0.25, -0.2) is 0 Å². The second-order valence-corrected chi connectivity index (χ2v) is 5.84. The van der Waals surface area contributed by atoms with Crippen LogP contribution >= 0.6 is 11.8 Å². The molecule has 2 unspecified atom stereocenters. The lowest BCUT2D eigenvalue weighted by molar-refractivity contribution is 0.142. The summed E-state index contributed by atoms with van der Waals surface area (Å²) < 4.78 is 11.4. The molecular formula is C15H23NO2S. The highest BCUT2D eigenvalue weighted by atomic mass is 32.2. The van der Waals surface area contributed by atoms with Crippen molar-refractivity contribution >= 4 is 11.8 Å². The summed E-state index contributed by atoms with van der Waals surface area (Å²) in [6, 6.07) is 6.43. The Bertz CT molecular complexity index is 411. The van der Waals surface area contributed by atoms with Gasteiger partial charge in [0, 0.05) is 18.0 Å². The Hall–Kier alpha value is -0.870. The van der Waals surface area contributed by atoms with Gasteiger partial charge in [-0.15, -0.1) is 0 Å². The number of ether oxygens (including phenoxy) is 2. The molecule has 0 aliphatic carbocycles. The molecule has 1 N–H and O–H groups in total. The molecule has 1 heterocycles. The molecule has 0 amide bonds. The lowest BCUT2D eigenvalue weighted by Gasteiger charge is -2.32. The number of methoxy groups -OCH3 is 1. The van der Waals surface area contributed by atoms with Crippen molar-refractivity contribution in [2.24, 2.45) is 0 Å². The highest BCUT2D eigenvalue weighted by Gasteiger charge is 2.27. The van der Waals surface area contributed by atoms with Crippen LogP contribution in [0.15, 0.2) is 18.2 Å². The zero-order chi connectivity index (χ0) is 13.7. The smallest absolute Gasteiger partial charge is 0.124 e. The van der Waals surface area contributed by atoms with E-state index in [1.807, 2.05) is 30.9 Å². The summed E-state index contributed by atoms with van der Waals surface area (Å²) in [5.74, 6) is 3.10. The van der Waals surface area contributed by atoms with Gasteiger partial charge in [-0.3, -0.25) is 0 Å². The number of hydrogen-bond acceptors (Lipinski definition) is 4. The maximum Gasteiger partial charge on any atom is 0.124 e. The molecule has 0 radical (unpaired) electrons. The van der Waals surface area contributed by atoms with Gasteiger partial charge < -0.3 is 14.8 Å². The molecule has 1 aromatic carbocycles. The maximum absolute atomic E-state index is 6.11. The SMILES string of the molecule is CNC1CC(CCCSC)Oc2ccc(OC)cc21. The first kappa shape index (κ1) is 14.5. The molecule has 3 nitrogen and oxygen atoms in total. The lowest BCUT2D eigenvalue weighted by atomic mass is 9.94. The van der Waals surface area contributed by atoms with Gasteiger partial charge in [-0.05, 0) is 50.1 Å². The van der Waals surface area contributed by atoms with Crippen molar-refractivity contribution in [1.82, 2.24) is 5.32 Å². The van der Waals surface area contributed by atoms with Crippen LogP contribution in [0.1, 0.15) is 30.9 Å². The largest absolute Gasteiger partial charge is 0.497 e. The van der Waals surface area contributed by atoms with Gasteiger partial charge in [0.05, 0.1) is 7.11 Å². The second kappa shape index (κ2) is 7.06. The van der Waals surface area contributed by atoms with Crippen molar-refractivity contribution in [3.63, 3.8) is 0 Å². The van der Waals surface area contributed by atoms with Crippen LogP contribution in [0.2, 0.25) is 0 Å². The fourth-order valence-electron chi connectivity index (χ4n) is 2.56. The van der Waals surface area contributed by atoms with E-state index in [0.29, 0.717) is 12.1 Å². The number of hydrogen-bond donors (Lipinski definition) is 1. The standard InChI is InChI=1S/C15H23NO2S/c1-16-14-10-12(5-4-8-19-3)18-15-7-6-11(17-2)9-13(14)15/h6-7,9,12,14,16H,4-5,8,10H2,1-3H3. The molecular weight excluding hydrogens is 258 g/mol. The van der Waals surface area contributed by atoms with Crippen molar-refractivity contribution in [3.05, 3.63) is 23.8 Å². The summed E-state index contributed by atoms with van der Waals surface area (Å²) in [7, 11) is 3.71. The molecule has 0 saturated carbocycles. The molecule has 1 aromatic rings. The average molecular weight is 281 g/mol. The predicted molar refractivity (Wildman–Crippen MR) is 81.4 cm³/mol. The Labute approximate surface area is 120 Å². The fraction of sp³-hybridized carbons (Fsp3) is 0.600. The van der Waals surface area contributed by atoms with E-state index in [1.165, 1.54) is 17.7 Å². The molecule has 1 aliphatic heterocycles. The third-order valence-corrected chi connectivity index (χ3v) is 4.30. The first-order chi connectivity index (χ1) is 9.28. The minimum absolute atomic E-state index is 0.325. The van der Waals surface area contributed by atoms with Crippen LogP contribution in [-0.2, 0) is 0 Å². The van der Waals surface area contributed by atoms with E-state index in [2.05, 4.69) is 17.6 Å². The molecule has 0 fully saturated rings. The monoisotopic (exact) mass is 281 g/mol. The Morgan fingerprint density at radius 2 is 2.32 bits per heavy atom. The minimum atomic E-state index is 0.325. The number of thioether (sulfide) groups is 1. The van der Waals surface area contributed by atoms with E-state index < -0.39 is 0 Å². The van der Waals surface area contributed by atoms with Crippen LogP contribution < -0.4 is 14.8 Å². The zero-order valence-corrected chi connectivity index (χ0v) is 12.8. The summed E-state index contributed by atoms with van der Waals surface area (Å²) in [6.07, 6.45) is 5.86. The number of fused-ring (bicyclic) bond motifs is 1. The van der Waals surface area contributed by atoms with Gasteiger partial charge in [0.2, 0.25) is 0 Å². The van der Waals surface area contributed by atoms with Crippen LogP contribution in [-0.4, -0.2) is 32.3 Å². The van der Waals surface area contributed by atoms with E-state index in [-0.39, 0.29) is 0 Å². The predicted octanol–water partition coefficient (Wildman–Crippen LogP) is 3.25. The third kappa shape index (κ3) is 3.57. The van der Waals surface area contributed by atoms with Crippen LogP contribution in [0.25, 0.3) is 0 Å². The number of nitrogens with one attached hydrogen (secondary N) is 1. The lowest BCUT2D eigenvalue weighted by Crippen LogP contribution is -2.31. The second-order valence-electron chi connectivity index (χ2n) is 4.86. The van der Waals surface area contributed by atoms with E-state index in [0.717, 1.165) is 24.3 Å².